The number of hydrogen-bond donors (Lipinski definition) is 2. The Labute approximate surface area is 184 Å². The van der Waals surface area contributed by atoms with Gasteiger partial charge >= 0.3 is 0 Å². The molecular weight excluding hydrogens is 390 g/mol. The number of aromatic nitrogens is 1. The lowest BCUT2D eigenvalue weighted by molar-refractivity contribution is 0.187. The number of aryl methyl sites for hydroxylation is 1. The summed E-state index contributed by atoms with van der Waals surface area (Å²) in [6, 6.07) is 17.0. The Kier molecular flexibility index (Phi) is 7.73. The number of likely N-dealkylation sites (tertiary alicyclic amines) is 1. The zero-order valence-corrected chi connectivity index (χ0v) is 18.7. The van der Waals surface area contributed by atoms with Crippen molar-refractivity contribution >= 4 is 22.9 Å². The molecule has 0 radical (unpaired) electrons. The number of piperidine rings is 1. The first-order chi connectivity index (χ1) is 14.8. The molecule has 1 aliphatic heterocycles. The van der Waals surface area contributed by atoms with Gasteiger partial charge in [0.1, 0.15) is 5.75 Å². The van der Waals surface area contributed by atoms with Crippen LogP contribution in [0.3, 0.4) is 0 Å². The van der Waals surface area contributed by atoms with Gasteiger partial charge in [-0.25, -0.2) is 0 Å². The summed E-state index contributed by atoms with van der Waals surface area (Å²) in [6.45, 7) is 4.27. The molecule has 0 unspecified atom stereocenters. The van der Waals surface area contributed by atoms with Crippen LogP contribution in [0.4, 0.5) is 0 Å². The lowest BCUT2D eigenvalue weighted by Crippen LogP contribution is -2.30. The molecule has 1 fully saturated rings. The predicted octanol–water partition coefficient (Wildman–Crippen LogP) is 5.51. The number of fused-ring (bicyclic) bond motifs is 1. The number of nitrogens with zero attached hydrogens (tertiary/aromatic N) is 1. The Bertz CT molecular complexity index is 900. The monoisotopic (exact) mass is 423 g/mol. The van der Waals surface area contributed by atoms with Gasteiger partial charge in [0, 0.05) is 28.5 Å². The molecule has 0 bridgehead atoms. The third-order valence-electron chi connectivity index (χ3n) is 6.05. The Morgan fingerprint density at radius 2 is 1.90 bits per heavy atom. The van der Waals surface area contributed by atoms with E-state index in [0.29, 0.717) is 0 Å². The first-order valence-electron chi connectivity index (χ1n) is 11.1. The summed E-state index contributed by atoms with van der Waals surface area (Å²) in [5.41, 5.74) is 2.63. The second-order valence-corrected chi connectivity index (χ2v) is 9.28. The molecule has 0 atom stereocenters. The zero-order valence-electron chi connectivity index (χ0n) is 17.9. The van der Waals surface area contributed by atoms with Crippen LogP contribution < -0.4 is 9.46 Å². The Morgan fingerprint density at radius 1 is 1.10 bits per heavy atom. The van der Waals surface area contributed by atoms with Gasteiger partial charge in [-0.1, -0.05) is 18.2 Å². The van der Waals surface area contributed by atoms with Crippen LogP contribution in [0, 0.1) is 5.92 Å². The summed E-state index contributed by atoms with van der Waals surface area (Å²) in [7, 11) is 2.21. The number of H-pyrrole nitrogens is 1. The Balaban J connectivity index is 1.11. The van der Waals surface area contributed by atoms with Crippen LogP contribution in [-0.2, 0) is 6.42 Å². The van der Waals surface area contributed by atoms with Gasteiger partial charge in [0.25, 0.3) is 0 Å². The van der Waals surface area contributed by atoms with Crippen LogP contribution in [0.25, 0.3) is 10.9 Å². The third-order valence-corrected chi connectivity index (χ3v) is 6.90. The van der Waals surface area contributed by atoms with E-state index < -0.39 is 0 Å². The minimum atomic E-state index is 0.824. The van der Waals surface area contributed by atoms with Gasteiger partial charge in [-0.3, -0.25) is 4.72 Å². The van der Waals surface area contributed by atoms with E-state index in [1.54, 1.807) is 11.9 Å². The van der Waals surface area contributed by atoms with Crippen LogP contribution in [0.15, 0.2) is 59.6 Å². The van der Waals surface area contributed by atoms with E-state index in [4.69, 9.17) is 4.74 Å². The van der Waals surface area contributed by atoms with Crippen molar-refractivity contribution in [3.8, 4) is 5.75 Å². The van der Waals surface area contributed by atoms with Crippen molar-refractivity contribution in [3.63, 3.8) is 0 Å². The van der Waals surface area contributed by atoms with Crippen LogP contribution in [0.1, 0.15) is 31.2 Å². The number of para-hydroxylation sites is 1. The molecular formula is C25H33N3OS. The molecule has 30 heavy (non-hydrogen) atoms. The molecule has 1 aromatic heterocycles. The van der Waals surface area contributed by atoms with Crippen molar-refractivity contribution in [1.82, 2.24) is 14.6 Å². The maximum Gasteiger partial charge on any atom is 0.119 e. The second-order valence-electron chi connectivity index (χ2n) is 8.31. The summed E-state index contributed by atoms with van der Waals surface area (Å²) in [6.07, 6.45) is 8.13. The zero-order chi connectivity index (χ0) is 20.6. The lowest BCUT2D eigenvalue weighted by Gasteiger charge is -2.28. The van der Waals surface area contributed by atoms with Gasteiger partial charge in [0.05, 0.1) is 6.61 Å². The molecule has 5 heteroatoms. The standard InChI is InChI=1S/C25H33N3OS/c1-28-16-12-20(13-17-28)14-18-29-22-8-10-23(11-9-22)30-27-15-4-5-21-19-26-25-7-3-2-6-24(21)25/h2-3,6-11,19-20,26-27H,4-5,12-18H2,1H3. The highest BCUT2D eigenvalue weighted by Crippen LogP contribution is 2.23. The summed E-state index contributed by atoms with van der Waals surface area (Å²) in [4.78, 5) is 7.00. The largest absolute Gasteiger partial charge is 0.494 e. The molecule has 2 aromatic carbocycles. The van der Waals surface area contributed by atoms with Crippen molar-refractivity contribution in [2.24, 2.45) is 5.92 Å². The molecule has 1 saturated heterocycles. The van der Waals surface area contributed by atoms with Crippen LogP contribution in [-0.4, -0.2) is 43.2 Å². The van der Waals surface area contributed by atoms with Crippen LogP contribution >= 0.6 is 11.9 Å². The van der Waals surface area contributed by atoms with E-state index in [2.05, 4.69) is 76.4 Å². The van der Waals surface area contributed by atoms with Gasteiger partial charge in [-0.05, 0) is 106 Å². The molecule has 0 aliphatic carbocycles. The highest BCUT2D eigenvalue weighted by atomic mass is 32.2. The molecule has 2 N–H and O–H groups in total. The van der Waals surface area contributed by atoms with E-state index in [9.17, 15) is 0 Å². The number of hydrogen-bond acceptors (Lipinski definition) is 4. The van der Waals surface area contributed by atoms with Crippen LogP contribution in [0.2, 0.25) is 0 Å². The van der Waals surface area contributed by atoms with Crippen molar-refractivity contribution in [2.75, 3.05) is 33.3 Å². The molecule has 4 rings (SSSR count). The fraction of sp³-hybridized carbons (Fsp3) is 0.440. The van der Waals surface area contributed by atoms with E-state index in [1.807, 2.05) is 0 Å². The SMILES string of the molecule is CN1CCC(CCOc2ccc(SNCCCc3c[nH]c4ccccc34)cc2)CC1. The fourth-order valence-electron chi connectivity index (χ4n) is 4.12. The summed E-state index contributed by atoms with van der Waals surface area (Å²) < 4.78 is 9.45. The minimum absolute atomic E-state index is 0.824. The molecule has 0 amide bonds. The van der Waals surface area contributed by atoms with Crippen molar-refractivity contribution < 1.29 is 4.74 Å². The van der Waals surface area contributed by atoms with E-state index in [-0.39, 0.29) is 0 Å². The number of ether oxygens (including phenoxy) is 1. The Morgan fingerprint density at radius 3 is 2.73 bits per heavy atom. The molecule has 0 spiro atoms. The van der Waals surface area contributed by atoms with E-state index in [0.717, 1.165) is 37.7 Å². The lowest BCUT2D eigenvalue weighted by atomic mass is 9.94. The number of aromatic amines is 1. The first-order valence-corrected chi connectivity index (χ1v) is 12.0. The van der Waals surface area contributed by atoms with Gasteiger partial charge in [-0.2, -0.15) is 0 Å². The maximum absolute atomic E-state index is 5.96. The normalized spacial score (nSPS) is 15.6. The summed E-state index contributed by atoms with van der Waals surface area (Å²) in [5.74, 6) is 1.80. The molecule has 4 nitrogen and oxygen atoms in total. The summed E-state index contributed by atoms with van der Waals surface area (Å²) >= 11 is 1.70. The highest BCUT2D eigenvalue weighted by Gasteiger charge is 2.16. The van der Waals surface area contributed by atoms with Gasteiger partial charge in [-0.15, -0.1) is 0 Å². The number of nitrogens with one attached hydrogen (secondary N) is 2. The van der Waals surface area contributed by atoms with Gasteiger partial charge in [0.15, 0.2) is 0 Å². The number of benzene rings is 2. The quantitative estimate of drug-likeness (QED) is 0.333. The number of rotatable bonds is 10. The fourth-order valence-corrected chi connectivity index (χ4v) is 4.81. The Hall–Kier alpha value is -1.95. The van der Waals surface area contributed by atoms with Crippen LogP contribution in [0.5, 0.6) is 5.75 Å². The summed E-state index contributed by atoms with van der Waals surface area (Å²) in [5, 5.41) is 1.34. The predicted molar refractivity (Wildman–Crippen MR) is 127 cm³/mol. The molecule has 3 aromatic rings. The minimum Gasteiger partial charge on any atom is -0.494 e. The molecule has 1 aliphatic rings. The average Bonchev–Trinajstić information content (AvgIpc) is 3.19. The van der Waals surface area contributed by atoms with Gasteiger partial charge in [0.2, 0.25) is 0 Å². The molecule has 0 saturated carbocycles. The third kappa shape index (κ3) is 6.03. The first kappa shape index (κ1) is 21.3. The van der Waals surface area contributed by atoms with Crippen molar-refractivity contribution in [1.29, 1.82) is 0 Å². The maximum atomic E-state index is 5.96. The smallest absolute Gasteiger partial charge is 0.119 e. The molecule has 160 valence electrons. The van der Waals surface area contributed by atoms with Crippen molar-refractivity contribution in [3.05, 3.63) is 60.3 Å². The van der Waals surface area contributed by atoms with Gasteiger partial charge < -0.3 is 14.6 Å². The van der Waals surface area contributed by atoms with Crippen molar-refractivity contribution in [2.45, 2.75) is 37.0 Å². The average molecular weight is 424 g/mol. The molecule has 2 heterocycles. The van der Waals surface area contributed by atoms with E-state index in [1.165, 1.54) is 53.7 Å². The second kappa shape index (κ2) is 10.9. The highest BCUT2D eigenvalue weighted by molar-refractivity contribution is 7.97. The topological polar surface area (TPSA) is 40.3 Å². The van der Waals surface area contributed by atoms with E-state index >= 15 is 0 Å².